The number of carbonyl (C=O) groups excluding carboxylic acids is 1. The number of nitrogens with zero attached hydrogens (tertiary/aromatic N) is 7. The predicted molar refractivity (Wildman–Crippen MR) is 160 cm³/mol. The largest absolute Gasteiger partial charge is 0.394 e. The van der Waals surface area contributed by atoms with E-state index in [0.717, 1.165) is 17.5 Å². The summed E-state index contributed by atoms with van der Waals surface area (Å²) in [6, 6.07) is 14.6. The van der Waals surface area contributed by atoms with Crippen LogP contribution >= 0.6 is 0 Å². The van der Waals surface area contributed by atoms with E-state index in [1.165, 1.54) is 0 Å². The molecule has 0 radical (unpaired) electrons. The number of aliphatic hydroxyl groups is 1. The molecule has 1 aliphatic heterocycles. The number of aliphatic hydroxyl groups excluding tert-OH is 1. The molecule has 43 heavy (non-hydrogen) atoms. The first kappa shape index (κ1) is 27.9. The van der Waals surface area contributed by atoms with Crippen molar-refractivity contribution in [2.75, 3.05) is 23.8 Å². The van der Waals surface area contributed by atoms with Crippen molar-refractivity contribution in [1.82, 2.24) is 35.0 Å². The van der Waals surface area contributed by atoms with Crippen LogP contribution in [-0.4, -0.2) is 59.1 Å². The zero-order chi connectivity index (χ0) is 30.0. The number of hydrogen-bond acceptors (Lipinski definition) is 11. The average Bonchev–Trinajstić information content (AvgIpc) is 3.59. The first-order valence-electron chi connectivity index (χ1n) is 14.0. The molecule has 0 saturated carbocycles. The second-order valence-electron chi connectivity index (χ2n) is 10.7. The smallest absolute Gasteiger partial charge is 0.261 e. The number of benzene rings is 1. The Morgan fingerprint density at radius 2 is 1.79 bits per heavy atom. The second-order valence-corrected chi connectivity index (χ2v) is 10.7. The van der Waals surface area contributed by atoms with E-state index < -0.39 is 11.6 Å². The zero-order valence-electron chi connectivity index (χ0n) is 24.0. The first-order chi connectivity index (χ1) is 20.9. The van der Waals surface area contributed by atoms with Crippen LogP contribution in [0.5, 0.6) is 0 Å². The van der Waals surface area contributed by atoms with Gasteiger partial charge in [0.1, 0.15) is 5.82 Å². The third-order valence-corrected chi connectivity index (χ3v) is 7.42. The second kappa shape index (κ2) is 11.6. The van der Waals surface area contributed by atoms with Gasteiger partial charge in [0.15, 0.2) is 0 Å². The van der Waals surface area contributed by atoms with Crippen LogP contribution in [0.2, 0.25) is 0 Å². The highest BCUT2D eigenvalue weighted by molar-refractivity contribution is 5.99. The van der Waals surface area contributed by atoms with Crippen molar-refractivity contribution in [1.29, 1.82) is 0 Å². The molecule has 12 nitrogen and oxygen atoms in total. The van der Waals surface area contributed by atoms with Crippen molar-refractivity contribution < 1.29 is 14.4 Å². The summed E-state index contributed by atoms with van der Waals surface area (Å²) >= 11 is 0. The van der Waals surface area contributed by atoms with Gasteiger partial charge >= 0.3 is 0 Å². The third-order valence-electron chi connectivity index (χ3n) is 7.42. The molecule has 4 aromatic heterocycles. The van der Waals surface area contributed by atoms with E-state index in [-0.39, 0.29) is 18.4 Å². The molecule has 5 aromatic rings. The molecule has 1 amide bonds. The lowest BCUT2D eigenvalue weighted by Crippen LogP contribution is -2.39. The summed E-state index contributed by atoms with van der Waals surface area (Å²) in [4.78, 5) is 37.2. The molecule has 6 rings (SSSR count). The van der Waals surface area contributed by atoms with Gasteiger partial charge in [0.25, 0.3) is 11.8 Å². The topological polar surface area (TPSA) is 155 Å². The molecule has 3 N–H and O–H groups in total. The number of nitrogens with one attached hydrogen (secondary N) is 2. The van der Waals surface area contributed by atoms with Gasteiger partial charge < -0.3 is 25.2 Å². The van der Waals surface area contributed by atoms with Gasteiger partial charge in [0.2, 0.25) is 11.8 Å². The third kappa shape index (κ3) is 5.40. The summed E-state index contributed by atoms with van der Waals surface area (Å²) in [5, 5.41) is 21.0. The van der Waals surface area contributed by atoms with Crippen molar-refractivity contribution >= 4 is 23.4 Å². The maximum absolute atomic E-state index is 13.0. The summed E-state index contributed by atoms with van der Waals surface area (Å²) < 4.78 is 5.63. The highest BCUT2D eigenvalue weighted by Crippen LogP contribution is 2.38. The van der Waals surface area contributed by atoms with Crippen LogP contribution in [0.3, 0.4) is 0 Å². The summed E-state index contributed by atoms with van der Waals surface area (Å²) in [5.41, 5.74) is 3.40. The van der Waals surface area contributed by atoms with Gasteiger partial charge in [0, 0.05) is 43.0 Å². The van der Waals surface area contributed by atoms with E-state index in [0.29, 0.717) is 46.6 Å². The first-order valence-corrected chi connectivity index (χ1v) is 14.0. The number of fused-ring (bicyclic) bond motifs is 1. The van der Waals surface area contributed by atoms with Gasteiger partial charge in [-0.05, 0) is 38.0 Å². The highest BCUT2D eigenvalue weighted by atomic mass is 16.5. The summed E-state index contributed by atoms with van der Waals surface area (Å²) in [6.07, 6.45) is 7.33. The molecule has 0 spiro atoms. The number of hydrogen-bond donors (Lipinski definition) is 3. The van der Waals surface area contributed by atoms with E-state index in [1.54, 1.807) is 43.0 Å². The molecule has 0 aliphatic carbocycles. The molecular formula is C31H31N9O3. The Morgan fingerprint density at radius 3 is 2.53 bits per heavy atom. The number of amides is 1. The van der Waals surface area contributed by atoms with Gasteiger partial charge in [0.05, 0.1) is 40.7 Å². The number of rotatable bonds is 10. The van der Waals surface area contributed by atoms with Gasteiger partial charge in [-0.3, -0.25) is 9.78 Å². The highest BCUT2D eigenvalue weighted by Gasteiger charge is 2.44. The molecule has 0 bridgehead atoms. The molecule has 12 heteroatoms. The number of anilines is 3. The normalized spacial score (nSPS) is 14.4. The fraction of sp³-hybridized carbons (Fsp3) is 0.258. The predicted octanol–water partition coefficient (Wildman–Crippen LogP) is 4.97. The van der Waals surface area contributed by atoms with Crippen LogP contribution in [-0.2, 0) is 5.54 Å². The van der Waals surface area contributed by atoms with E-state index in [4.69, 9.17) is 9.51 Å². The molecular weight excluding hydrogens is 546 g/mol. The lowest BCUT2D eigenvalue weighted by Gasteiger charge is -2.31. The van der Waals surface area contributed by atoms with E-state index >= 15 is 0 Å². The van der Waals surface area contributed by atoms with E-state index in [1.807, 2.05) is 56.0 Å². The molecule has 0 fully saturated rings. The van der Waals surface area contributed by atoms with Crippen molar-refractivity contribution in [2.24, 2.45) is 0 Å². The zero-order valence-corrected chi connectivity index (χ0v) is 24.0. The fourth-order valence-corrected chi connectivity index (χ4v) is 5.18. The number of pyridine rings is 2. The molecule has 0 saturated heterocycles. The van der Waals surface area contributed by atoms with Crippen LogP contribution in [0.25, 0.3) is 22.8 Å². The molecule has 0 unspecified atom stereocenters. The van der Waals surface area contributed by atoms with E-state index in [2.05, 4.69) is 35.7 Å². The van der Waals surface area contributed by atoms with E-state index in [9.17, 15) is 9.90 Å². The van der Waals surface area contributed by atoms with Crippen LogP contribution in [0, 0.1) is 0 Å². The molecule has 218 valence electrons. The minimum absolute atomic E-state index is 0.0657. The SMILES string of the molecule is CCCN1C(=O)c2cnc(Nc3cc(N[C@H](CO)c4ccccc4)c(-c4nc(-c5ccncc5)no4)cn3)nc2C1(C)C. The standard InChI is InChI=1S/C31H31N9O3/c1-4-14-40-29(42)22-17-34-30(37-26(22)31(40,2)3)36-25-15-23(35-24(18-41)19-8-6-5-7-9-19)21(16-33-25)28-38-27(39-43-28)20-10-12-32-13-11-20/h5-13,15-17,24,41H,4,14,18H2,1-3H3,(H2,33,34,35,36,37)/t24-/m1/s1. The van der Waals surface area contributed by atoms with Crippen molar-refractivity contribution in [2.45, 2.75) is 38.8 Å². The van der Waals surface area contributed by atoms with Gasteiger partial charge in [-0.1, -0.05) is 42.4 Å². The van der Waals surface area contributed by atoms with Gasteiger partial charge in [-0.15, -0.1) is 0 Å². The van der Waals surface area contributed by atoms with Gasteiger partial charge in [-0.25, -0.2) is 15.0 Å². The lowest BCUT2D eigenvalue weighted by atomic mass is 10.0. The molecule has 1 aromatic carbocycles. The Kier molecular flexibility index (Phi) is 7.51. The van der Waals surface area contributed by atoms with Crippen LogP contribution < -0.4 is 10.6 Å². The molecule has 1 atom stereocenters. The fourth-order valence-electron chi connectivity index (χ4n) is 5.18. The van der Waals surface area contributed by atoms with Crippen LogP contribution in [0.1, 0.15) is 54.8 Å². The van der Waals surface area contributed by atoms with Gasteiger partial charge in [-0.2, -0.15) is 4.98 Å². The molecule has 5 heterocycles. The molecule has 1 aliphatic rings. The van der Waals surface area contributed by atoms with Crippen molar-refractivity contribution in [3.63, 3.8) is 0 Å². The number of carbonyl (C=O) groups is 1. The number of aromatic nitrogens is 6. The Hall–Kier alpha value is -5.23. The van der Waals surface area contributed by atoms with Crippen molar-refractivity contribution in [3.05, 3.63) is 90.1 Å². The Balaban J connectivity index is 1.35. The minimum Gasteiger partial charge on any atom is -0.394 e. The summed E-state index contributed by atoms with van der Waals surface area (Å²) in [7, 11) is 0. The van der Waals surface area contributed by atoms with Crippen LogP contribution in [0.4, 0.5) is 17.5 Å². The minimum atomic E-state index is -0.569. The van der Waals surface area contributed by atoms with Crippen molar-refractivity contribution in [3.8, 4) is 22.8 Å². The maximum Gasteiger partial charge on any atom is 0.261 e. The summed E-state index contributed by atoms with van der Waals surface area (Å²) in [6.45, 7) is 6.49. The summed E-state index contributed by atoms with van der Waals surface area (Å²) in [5.74, 6) is 1.35. The quantitative estimate of drug-likeness (QED) is 0.206. The monoisotopic (exact) mass is 577 g/mol. The Bertz CT molecular complexity index is 1740. The Morgan fingerprint density at radius 1 is 1.02 bits per heavy atom. The van der Waals surface area contributed by atoms with Crippen LogP contribution in [0.15, 0.2) is 77.8 Å². The lowest BCUT2D eigenvalue weighted by molar-refractivity contribution is 0.0615. The maximum atomic E-state index is 13.0. The average molecular weight is 578 g/mol. The Labute approximate surface area is 248 Å².